The molecule has 3 heteroatoms. The minimum absolute atomic E-state index is 0.826. The van der Waals surface area contributed by atoms with Gasteiger partial charge in [0.15, 0.2) is 0 Å². The maximum absolute atomic E-state index is 4.93. The fourth-order valence-corrected chi connectivity index (χ4v) is 3.05. The van der Waals surface area contributed by atoms with Crippen LogP contribution in [0.25, 0.3) is 0 Å². The molecule has 0 aromatic heterocycles. The zero-order chi connectivity index (χ0) is 19.0. The average Bonchev–Trinajstić information content (AvgIpc) is 2.94. The summed E-state index contributed by atoms with van der Waals surface area (Å²) in [7, 11) is 9.87. The fraction of sp³-hybridized carbons (Fsp3) is 0.524. The van der Waals surface area contributed by atoms with Crippen molar-refractivity contribution in [2.45, 2.75) is 75.2 Å². The second kappa shape index (κ2) is 11.7. The van der Waals surface area contributed by atoms with E-state index in [0.717, 1.165) is 0 Å². The van der Waals surface area contributed by atoms with Crippen LogP contribution in [0.1, 0.15) is 63.9 Å². The monoisotopic (exact) mass is 444 g/mol. The number of halogens is 2. The Morgan fingerprint density at radius 3 is 1.38 bits per heavy atom. The van der Waals surface area contributed by atoms with Crippen LogP contribution in [0.3, 0.4) is 0 Å². The number of aryl methyl sites for hydroxylation is 2. The predicted molar refractivity (Wildman–Crippen MR) is 108 cm³/mol. The van der Waals surface area contributed by atoms with Gasteiger partial charge in [0.25, 0.3) is 0 Å². The summed E-state index contributed by atoms with van der Waals surface area (Å²) < 4.78 is 0. The van der Waals surface area contributed by atoms with Gasteiger partial charge in [-0.15, -0.1) is 0 Å². The van der Waals surface area contributed by atoms with Crippen molar-refractivity contribution in [2.24, 2.45) is 0 Å². The van der Waals surface area contributed by atoms with Crippen molar-refractivity contribution in [3.05, 3.63) is 56.1 Å². The molecule has 0 unspecified atom stereocenters. The molecular weight excluding hydrogens is 414 g/mol. The van der Waals surface area contributed by atoms with Gasteiger partial charge in [-0.1, -0.05) is 75.2 Å². The molecule has 0 bridgehead atoms. The second-order valence-electron chi connectivity index (χ2n) is 6.35. The molecule has 0 heterocycles. The van der Waals surface area contributed by atoms with Crippen molar-refractivity contribution in [1.82, 2.24) is 0 Å². The molecule has 0 N–H and O–H groups in total. The topological polar surface area (TPSA) is 0 Å². The first-order valence-corrected chi connectivity index (χ1v) is 14.9. The third kappa shape index (κ3) is 6.15. The van der Waals surface area contributed by atoms with Crippen LogP contribution in [-0.4, -0.2) is 0 Å². The van der Waals surface area contributed by atoms with Gasteiger partial charge < -0.3 is 0 Å². The Kier molecular flexibility index (Phi) is 11.8. The van der Waals surface area contributed by atoms with E-state index in [1.54, 1.807) is 0 Å². The van der Waals surface area contributed by atoms with Crippen molar-refractivity contribution >= 4 is 17.0 Å². The number of hydrogen-bond acceptors (Lipinski definition) is 0. The van der Waals surface area contributed by atoms with Gasteiger partial charge in [0, 0.05) is 0 Å². The van der Waals surface area contributed by atoms with Crippen molar-refractivity contribution < 1.29 is 20.8 Å². The van der Waals surface area contributed by atoms with Gasteiger partial charge in [-0.05, 0) is 0 Å². The van der Waals surface area contributed by atoms with Gasteiger partial charge in [-0.2, -0.15) is 50.1 Å². The molecule has 2 aromatic carbocycles. The SMILES string of the molecule is CCc1cc(CC)[c-](C)c1C.Cc1c(C)c(C)[c-](C)c1C.[Cl][Zr+2][Cl]. The Morgan fingerprint density at radius 1 is 0.792 bits per heavy atom. The third-order valence-corrected chi connectivity index (χ3v) is 5.45. The summed E-state index contributed by atoms with van der Waals surface area (Å²) in [5, 5.41) is 0. The predicted octanol–water partition coefficient (Wildman–Crippen LogP) is 7.47. The van der Waals surface area contributed by atoms with Crippen molar-refractivity contribution in [1.29, 1.82) is 0 Å². The summed E-state index contributed by atoms with van der Waals surface area (Å²) in [6.07, 6.45) is 2.35. The molecule has 0 aliphatic carbocycles. The molecule has 134 valence electrons. The standard InChI is InChI=1S/C11H17.C10H15.2ClH.Zr/c1-5-10-7-11(6-2)9(4)8(10)3;1-6-7(2)9(4)10(5)8(6)3;;;/h7H,5-6H2,1-4H3;1-5H3;2*1H;/q2*-1;;;+4/p-2. The van der Waals surface area contributed by atoms with Gasteiger partial charge in [0.05, 0.1) is 0 Å². The Morgan fingerprint density at radius 2 is 1.21 bits per heavy atom. The molecule has 0 fully saturated rings. The average molecular weight is 447 g/mol. The molecule has 24 heavy (non-hydrogen) atoms. The first-order valence-electron chi connectivity index (χ1n) is 8.58. The summed E-state index contributed by atoms with van der Waals surface area (Å²) in [6, 6.07) is 2.35. The van der Waals surface area contributed by atoms with Gasteiger partial charge in [0.2, 0.25) is 0 Å². The Balaban J connectivity index is 0.000000381. The maximum atomic E-state index is 4.93. The van der Waals surface area contributed by atoms with Crippen LogP contribution in [0.5, 0.6) is 0 Å². The van der Waals surface area contributed by atoms with Crippen LogP contribution in [-0.2, 0) is 33.7 Å². The number of hydrogen-bond donors (Lipinski definition) is 0. The van der Waals surface area contributed by atoms with E-state index >= 15 is 0 Å². The molecule has 0 nitrogen and oxygen atoms in total. The van der Waals surface area contributed by atoms with Crippen molar-refractivity contribution in [3.63, 3.8) is 0 Å². The molecule has 0 saturated carbocycles. The first kappa shape index (κ1) is 24.2. The van der Waals surface area contributed by atoms with Crippen LogP contribution in [0, 0.1) is 48.5 Å². The molecule has 0 radical (unpaired) electrons. The minimum atomic E-state index is -0.826. The zero-order valence-corrected chi connectivity index (χ0v) is 20.7. The normalized spacial score (nSPS) is 9.62. The van der Waals surface area contributed by atoms with Crippen molar-refractivity contribution in [2.75, 3.05) is 0 Å². The van der Waals surface area contributed by atoms with Crippen LogP contribution in [0.2, 0.25) is 0 Å². The van der Waals surface area contributed by atoms with E-state index in [1.807, 2.05) is 0 Å². The molecule has 0 amide bonds. The summed E-state index contributed by atoms with van der Waals surface area (Å²) in [6.45, 7) is 19.9. The Labute approximate surface area is 168 Å². The van der Waals surface area contributed by atoms with E-state index in [4.69, 9.17) is 17.0 Å². The van der Waals surface area contributed by atoms with Crippen molar-refractivity contribution in [3.8, 4) is 0 Å². The van der Waals surface area contributed by atoms with E-state index in [2.05, 4.69) is 68.4 Å². The Bertz CT molecular complexity index is 528. The van der Waals surface area contributed by atoms with Gasteiger partial charge in [0.1, 0.15) is 0 Å². The van der Waals surface area contributed by atoms with Crippen LogP contribution < -0.4 is 0 Å². The van der Waals surface area contributed by atoms with E-state index in [0.29, 0.717) is 0 Å². The molecule has 0 saturated heterocycles. The molecule has 0 spiro atoms. The zero-order valence-electron chi connectivity index (χ0n) is 16.7. The summed E-state index contributed by atoms with van der Waals surface area (Å²) >= 11 is -0.826. The van der Waals surface area contributed by atoms with Gasteiger partial charge in [-0.25, -0.2) is 6.07 Å². The number of rotatable bonds is 2. The third-order valence-electron chi connectivity index (χ3n) is 5.45. The Hall–Kier alpha value is 0.163. The fourth-order valence-electron chi connectivity index (χ4n) is 3.05. The van der Waals surface area contributed by atoms with E-state index < -0.39 is 20.8 Å². The van der Waals surface area contributed by atoms with Gasteiger partial charge >= 0.3 is 37.9 Å². The summed E-state index contributed by atoms with van der Waals surface area (Å²) in [5.41, 5.74) is 13.4. The van der Waals surface area contributed by atoms with E-state index in [1.165, 1.54) is 62.9 Å². The molecule has 2 rings (SSSR count). The molecule has 0 atom stereocenters. The van der Waals surface area contributed by atoms with Crippen LogP contribution in [0.15, 0.2) is 6.07 Å². The van der Waals surface area contributed by atoms with E-state index in [9.17, 15) is 0 Å². The second-order valence-corrected chi connectivity index (χ2v) is 10.1. The first-order chi connectivity index (χ1) is 11.2. The molecule has 2 aromatic rings. The molecule has 0 aliphatic heterocycles. The van der Waals surface area contributed by atoms with Gasteiger partial charge in [-0.3, -0.25) is 0 Å². The quantitative estimate of drug-likeness (QED) is 0.420. The van der Waals surface area contributed by atoms with Crippen LogP contribution >= 0.6 is 17.0 Å². The van der Waals surface area contributed by atoms with E-state index in [-0.39, 0.29) is 0 Å². The summed E-state index contributed by atoms with van der Waals surface area (Å²) in [4.78, 5) is 0. The molecule has 0 aliphatic rings. The molecular formula is C21H32Cl2Zr. The van der Waals surface area contributed by atoms with Crippen LogP contribution in [0.4, 0.5) is 0 Å². The summed E-state index contributed by atoms with van der Waals surface area (Å²) in [5.74, 6) is 0.